The van der Waals surface area contributed by atoms with Crippen LogP contribution in [-0.2, 0) is 0 Å². The molecular formula is C12H8BrF3. The Morgan fingerprint density at radius 2 is 1.81 bits per heavy atom. The molecule has 1 aromatic rings. The van der Waals surface area contributed by atoms with Crippen LogP contribution >= 0.6 is 15.9 Å². The third-order valence-corrected chi connectivity index (χ3v) is 2.32. The van der Waals surface area contributed by atoms with Crippen LogP contribution in [0.25, 0.3) is 6.08 Å². The van der Waals surface area contributed by atoms with Crippen LogP contribution in [0.2, 0.25) is 0 Å². The summed E-state index contributed by atoms with van der Waals surface area (Å²) in [5.41, 5.74) is 3.01. The van der Waals surface area contributed by atoms with Gasteiger partial charge >= 0.3 is 6.18 Å². The summed E-state index contributed by atoms with van der Waals surface area (Å²) in [5.74, 6) is 0. The summed E-state index contributed by atoms with van der Waals surface area (Å²) in [6.07, 6.45) is 0.0354. The van der Waals surface area contributed by atoms with Gasteiger partial charge in [-0.05, 0) is 27.6 Å². The van der Waals surface area contributed by atoms with E-state index in [4.69, 9.17) is 0 Å². The van der Waals surface area contributed by atoms with E-state index in [1.165, 1.54) is 12.2 Å². The Balaban J connectivity index is 2.72. The Morgan fingerprint density at radius 1 is 1.19 bits per heavy atom. The molecule has 0 aliphatic rings. The number of hydrogen-bond acceptors (Lipinski definition) is 0. The highest BCUT2D eigenvalue weighted by Gasteiger charge is 2.31. The molecule has 16 heavy (non-hydrogen) atoms. The number of rotatable bonds is 2. The highest BCUT2D eigenvalue weighted by Crippen LogP contribution is 2.28. The smallest absolute Gasteiger partial charge is 0.165 e. The fourth-order valence-electron chi connectivity index (χ4n) is 0.926. The van der Waals surface area contributed by atoms with Gasteiger partial charge < -0.3 is 0 Å². The van der Waals surface area contributed by atoms with Crippen LogP contribution in [0.15, 0.2) is 52.7 Å². The lowest BCUT2D eigenvalue weighted by molar-refractivity contribution is -0.0826. The molecule has 4 heteroatoms. The predicted octanol–water partition coefficient (Wildman–Crippen LogP) is 4.70. The van der Waals surface area contributed by atoms with E-state index < -0.39 is 10.7 Å². The summed E-state index contributed by atoms with van der Waals surface area (Å²) >= 11 is 2.40. The Bertz CT molecular complexity index is 423. The zero-order valence-corrected chi connectivity index (χ0v) is 9.72. The van der Waals surface area contributed by atoms with E-state index in [2.05, 4.69) is 21.7 Å². The maximum atomic E-state index is 12.0. The summed E-state index contributed by atoms with van der Waals surface area (Å²) in [6.45, 7) is 0. The highest BCUT2D eigenvalue weighted by atomic mass is 79.9. The number of allylic oxidation sites excluding steroid dienone is 2. The molecule has 0 aliphatic heterocycles. The molecule has 0 fully saturated rings. The number of benzene rings is 1. The molecule has 0 atom stereocenters. The van der Waals surface area contributed by atoms with Gasteiger partial charge in [-0.25, -0.2) is 0 Å². The lowest BCUT2D eigenvalue weighted by Crippen LogP contribution is -2.05. The lowest BCUT2D eigenvalue weighted by atomic mass is 10.2. The van der Waals surface area contributed by atoms with Crippen molar-refractivity contribution in [1.82, 2.24) is 0 Å². The van der Waals surface area contributed by atoms with Gasteiger partial charge in [0.05, 0.1) is 0 Å². The maximum Gasteiger partial charge on any atom is 0.430 e. The third kappa shape index (κ3) is 4.51. The van der Waals surface area contributed by atoms with Crippen molar-refractivity contribution in [2.45, 2.75) is 6.18 Å². The summed E-state index contributed by atoms with van der Waals surface area (Å²) < 4.78 is 35.1. The Hall–Kier alpha value is -1.25. The zero-order chi connectivity index (χ0) is 12.0. The Morgan fingerprint density at radius 3 is 2.38 bits per heavy atom. The molecule has 0 amide bonds. The van der Waals surface area contributed by atoms with E-state index in [-0.39, 0.29) is 0 Å². The van der Waals surface area contributed by atoms with Crippen molar-refractivity contribution in [3.05, 3.63) is 58.3 Å². The fraction of sp³-hybridized carbons (Fsp3) is 0.0833. The number of halogens is 4. The molecule has 0 saturated carbocycles. The topological polar surface area (TPSA) is 0 Å². The van der Waals surface area contributed by atoms with Gasteiger partial charge in [-0.15, -0.1) is 5.73 Å². The SMILES string of the molecule is FC(F)(F)C(Br)=C=C/C=C/c1ccccc1. The van der Waals surface area contributed by atoms with Crippen LogP contribution in [0.1, 0.15) is 5.56 Å². The van der Waals surface area contributed by atoms with Crippen LogP contribution in [0.5, 0.6) is 0 Å². The van der Waals surface area contributed by atoms with Crippen LogP contribution in [0.4, 0.5) is 13.2 Å². The second kappa shape index (κ2) is 5.73. The average molecular weight is 289 g/mol. The minimum Gasteiger partial charge on any atom is -0.165 e. The van der Waals surface area contributed by atoms with E-state index in [1.807, 2.05) is 30.3 Å². The minimum atomic E-state index is -4.38. The van der Waals surface area contributed by atoms with Crippen molar-refractivity contribution in [2.24, 2.45) is 0 Å². The summed E-state index contributed by atoms with van der Waals surface area (Å²) in [6, 6.07) is 9.28. The van der Waals surface area contributed by atoms with Gasteiger partial charge in [0.25, 0.3) is 0 Å². The first kappa shape index (κ1) is 12.8. The second-order valence-electron chi connectivity index (χ2n) is 2.89. The van der Waals surface area contributed by atoms with E-state index in [1.54, 1.807) is 6.08 Å². The molecular weight excluding hydrogens is 281 g/mol. The molecule has 0 heterocycles. The Kier molecular flexibility index (Phi) is 4.59. The van der Waals surface area contributed by atoms with Crippen molar-refractivity contribution in [1.29, 1.82) is 0 Å². The van der Waals surface area contributed by atoms with Crippen LogP contribution in [0.3, 0.4) is 0 Å². The first-order valence-corrected chi connectivity index (χ1v) is 5.20. The molecule has 0 bridgehead atoms. The molecule has 1 aromatic carbocycles. The van der Waals surface area contributed by atoms with Crippen molar-refractivity contribution >= 4 is 22.0 Å². The first-order chi connectivity index (χ1) is 7.50. The average Bonchev–Trinajstić information content (AvgIpc) is 2.24. The molecule has 0 nitrogen and oxygen atoms in total. The van der Waals surface area contributed by atoms with Crippen LogP contribution < -0.4 is 0 Å². The van der Waals surface area contributed by atoms with Crippen LogP contribution in [0, 0.1) is 0 Å². The molecule has 0 spiro atoms. The minimum absolute atomic E-state index is 0.919. The molecule has 0 unspecified atom stereocenters. The predicted molar refractivity (Wildman–Crippen MR) is 62.1 cm³/mol. The van der Waals surface area contributed by atoms with E-state index in [9.17, 15) is 13.2 Å². The monoisotopic (exact) mass is 288 g/mol. The Labute approximate surface area is 99.9 Å². The van der Waals surface area contributed by atoms with Crippen molar-refractivity contribution in [3.8, 4) is 0 Å². The zero-order valence-electron chi connectivity index (χ0n) is 8.13. The molecule has 84 valence electrons. The molecule has 0 N–H and O–H groups in total. The van der Waals surface area contributed by atoms with E-state index >= 15 is 0 Å². The number of hydrogen-bond donors (Lipinski definition) is 0. The third-order valence-electron chi connectivity index (χ3n) is 1.64. The summed E-state index contributed by atoms with van der Waals surface area (Å²) in [7, 11) is 0. The first-order valence-electron chi connectivity index (χ1n) is 4.41. The maximum absolute atomic E-state index is 12.0. The fourth-order valence-corrected chi connectivity index (χ4v) is 1.06. The molecule has 0 aromatic heterocycles. The molecule has 0 saturated heterocycles. The van der Waals surface area contributed by atoms with Gasteiger partial charge in [0.1, 0.15) is 4.48 Å². The van der Waals surface area contributed by atoms with Gasteiger partial charge in [-0.1, -0.05) is 42.5 Å². The normalized spacial score (nSPS) is 11.2. The lowest BCUT2D eigenvalue weighted by Gasteiger charge is -1.99. The van der Waals surface area contributed by atoms with Gasteiger partial charge in [0, 0.05) is 0 Å². The summed E-state index contributed by atoms with van der Waals surface area (Å²) in [5, 5.41) is 0. The molecule has 0 radical (unpaired) electrons. The van der Waals surface area contributed by atoms with Crippen molar-refractivity contribution in [3.63, 3.8) is 0 Å². The second-order valence-corrected chi connectivity index (χ2v) is 3.69. The molecule has 1 rings (SSSR count). The van der Waals surface area contributed by atoms with Crippen molar-refractivity contribution < 1.29 is 13.2 Å². The highest BCUT2D eigenvalue weighted by molar-refractivity contribution is 9.11. The van der Waals surface area contributed by atoms with Crippen LogP contribution in [-0.4, -0.2) is 6.18 Å². The van der Waals surface area contributed by atoms with Gasteiger partial charge in [-0.2, -0.15) is 13.2 Å². The number of alkyl halides is 3. The van der Waals surface area contributed by atoms with E-state index in [0.29, 0.717) is 0 Å². The van der Waals surface area contributed by atoms with E-state index in [0.717, 1.165) is 5.56 Å². The van der Waals surface area contributed by atoms with Gasteiger partial charge in [0.15, 0.2) is 0 Å². The standard InChI is InChI=1S/C12H8BrF3/c13-11(12(14,15)16)9-5-4-8-10-6-2-1-3-7-10/h1-8H/b8-4+. The van der Waals surface area contributed by atoms with Gasteiger partial charge in [-0.3, -0.25) is 0 Å². The summed E-state index contributed by atoms with van der Waals surface area (Å²) in [4.78, 5) is 0. The largest absolute Gasteiger partial charge is 0.430 e. The molecule has 0 aliphatic carbocycles. The quantitative estimate of drug-likeness (QED) is 0.547. The van der Waals surface area contributed by atoms with Gasteiger partial charge in [0.2, 0.25) is 0 Å². The van der Waals surface area contributed by atoms with Crippen molar-refractivity contribution in [2.75, 3.05) is 0 Å².